The van der Waals surface area contributed by atoms with Gasteiger partial charge in [0.25, 0.3) is 0 Å². The molecule has 1 aromatic heterocycles. The first-order valence-corrected chi connectivity index (χ1v) is 10.7. The van der Waals surface area contributed by atoms with Gasteiger partial charge in [0, 0.05) is 16.0 Å². The molecule has 1 aliphatic carbocycles. The SMILES string of the molecule is C=C=C(/C=C/c1cc(C)c(OC)c(-c2cccs2)c1)c1ccc2c(c1)C=CCC2. The Kier molecular flexibility index (Phi) is 5.67. The Hall–Kier alpha value is -3.06. The molecule has 3 aromatic rings. The maximum absolute atomic E-state index is 5.67. The van der Waals surface area contributed by atoms with Crippen molar-refractivity contribution in [1.29, 1.82) is 0 Å². The molecule has 1 heterocycles. The highest BCUT2D eigenvalue weighted by Crippen LogP contribution is 2.37. The van der Waals surface area contributed by atoms with Gasteiger partial charge >= 0.3 is 0 Å². The Morgan fingerprint density at radius 1 is 1.21 bits per heavy atom. The Labute approximate surface area is 177 Å². The molecule has 0 atom stereocenters. The molecule has 1 aliphatic rings. The predicted molar refractivity (Wildman–Crippen MR) is 126 cm³/mol. The largest absolute Gasteiger partial charge is 0.496 e. The standard InChI is InChI=1S/C27H24OS/c1-4-21(24-14-13-22-8-5-6-9-23(22)18-24)12-11-20-16-19(2)27(28-3)25(17-20)26-10-7-15-29-26/h6-7,9-18H,1,5,8H2,2-3H3/b12-11+. The molecule has 0 amide bonds. The lowest BCUT2D eigenvalue weighted by molar-refractivity contribution is 0.413. The highest BCUT2D eigenvalue weighted by molar-refractivity contribution is 7.13. The van der Waals surface area contributed by atoms with Crippen LogP contribution in [0.15, 0.2) is 72.3 Å². The van der Waals surface area contributed by atoms with E-state index in [2.05, 4.69) is 91.4 Å². The van der Waals surface area contributed by atoms with Crippen molar-refractivity contribution in [2.24, 2.45) is 0 Å². The zero-order valence-corrected chi connectivity index (χ0v) is 17.7. The van der Waals surface area contributed by atoms with Crippen LogP contribution in [0.5, 0.6) is 5.75 Å². The number of methoxy groups -OCH3 is 1. The number of benzene rings is 2. The van der Waals surface area contributed by atoms with Crippen LogP contribution in [0.4, 0.5) is 0 Å². The van der Waals surface area contributed by atoms with Crippen molar-refractivity contribution < 1.29 is 4.74 Å². The number of aryl methyl sites for hydroxylation is 2. The number of rotatable bonds is 5. The minimum atomic E-state index is 0.936. The van der Waals surface area contributed by atoms with Gasteiger partial charge in [-0.2, -0.15) is 0 Å². The Morgan fingerprint density at radius 2 is 2.10 bits per heavy atom. The number of ether oxygens (including phenoxy) is 1. The highest BCUT2D eigenvalue weighted by atomic mass is 32.1. The van der Waals surface area contributed by atoms with Gasteiger partial charge in [-0.25, -0.2) is 0 Å². The second kappa shape index (κ2) is 8.53. The van der Waals surface area contributed by atoms with Gasteiger partial charge in [0.05, 0.1) is 7.11 Å². The average molecular weight is 397 g/mol. The van der Waals surface area contributed by atoms with Crippen molar-refractivity contribution >= 4 is 29.1 Å². The average Bonchev–Trinajstić information content (AvgIpc) is 3.28. The summed E-state index contributed by atoms with van der Waals surface area (Å²) in [6.07, 6.45) is 10.9. The normalized spacial score (nSPS) is 12.6. The smallest absolute Gasteiger partial charge is 0.130 e. The van der Waals surface area contributed by atoms with Crippen LogP contribution in [-0.2, 0) is 6.42 Å². The molecule has 0 fully saturated rings. The minimum Gasteiger partial charge on any atom is -0.496 e. The van der Waals surface area contributed by atoms with Crippen LogP contribution >= 0.6 is 11.3 Å². The molecule has 0 aliphatic heterocycles. The molecule has 0 bridgehead atoms. The highest BCUT2D eigenvalue weighted by Gasteiger charge is 2.11. The first kappa shape index (κ1) is 19.3. The summed E-state index contributed by atoms with van der Waals surface area (Å²) in [5.41, 5.74) is 11.4. The van der Waals surface area contributed by atoms with E-state index in [4.69, 9.17) is 4.74 Å². The third kappa shape index (κ3) is 4.05. The van der Waals surface area contributed by atoms with Crippen molar-refractivity contribution in [1.82, 2.24) is 0 Å². The van der Waals surface area contributed by atoms with Crippen LogP contribution in [0, 0.1) is 6.92 Å². The summed E-state index contributed by atoms with van der Waals surface area (Å²) in [5, 5.41) is 2.09. The molecule has 2 heteroatoms. The van der Waals surface area contributed by atoms with Crippen molar-refractivity contribution in [3.63, 3.8) is 0 Å². The predicted octanol–water partition coefficient (Wildman–Crippen LogP) is 7.57. The molecule has 144 valence electrons. The van der Waals surface area contributed by atoms with Gasteiger partial charge in [-0.15, -0.1) is 17.1 Å². The van der Waals surface area contributed by atoms with Gasteiger partial charge in [-0.3, -0.25) is 0 Å². The second-order valence-electron chi connectivity index (χ2n) is 7.17. The topological polar surface area (TPSA) is 9.23 Å². The summed E-state index contributed by atoms with van der Waals surface area (Å²) in [4.78, 5) is 1.21. The molecular weight excluding hydrogens is 372 g/mol. The van der Waals surface area contributed by atoms with Gasteiger partial charge in [0.15, 0.2) is 0 Å². The first-order chi connectivity index (χ1) is 14.2. The van der Waals surface area contributed by atoms with Gasteiger partial charge in [-0.05, 0) is 83.3 Å². The van der Waals surface area contributed by atoms with E-state index in [1.165, 1.54) is 16.0 Å². The van der Waals surface area contributed by atoms with Crippen LogP contribution in [0.1, 0.15) is 34.2 Å². The van der Waals surface area contributed by atoms with E-state index < -0.39 is 0 Å². The Morgan fingerprint density at radius 3 is 2.86 bits per heavy atom. The van der Waals surface area contributed by atoms with E-state index >= 15 is 0 Å². The molecule has 4 rings (SSSR count). The van der Waals surface area contributed by atoms with Crippen molar-refractivity contribution in [2.45, 2.75) is 19.8 Å². The van der Waals surface area contributed by atoms with Crippen LogP contribution < -0.4 is 4.74 Å². The van der Waals surface area contributed by atoms with Crippen molar-refractivity contribution in [2.75, 3.05) is 7.11 Å². The Bertz CT molecular complexity index is 1140. The van der Waals surface area contributed by atoms with E-state index in [0.717, 1.165) is 46.4 Å². The summed E-state index contributed by atoms with van der Waals surface area (Å²) >= 11 is 1.72. The van der Waals surface area contributed by atoms with E-state index in [-0.39, 0.29) is 0 Å². The molecule has 0 unspecified atom stereocenters. The molecule has 0 radical (unpaired) electrons. The fourth-order valence-electron chi connectivity index (χ4n) is 3.82. The van der Waals surface area contributed by atoms with Crippen molar-refractivity contribution in [3.05, 3.63) is 100 Å². The second-order valence-corrected chi connectivity index (χ2v) is 8.12. The van der Waals surface area contributed by atoms with Crippen LogP contribution in [0.25, 0.3) is 28.2 Å². The molecule has 0 N–H and O–H groups in total. The number of thiophene rings is 1. The summed E-state index contributed by atoms with van der Waals surface area (Å²) < 4.78 is 5.67. The Balaban J connectivity index is 1.68. The van der Waals surface area contributed by atoms with Gasteiger partial charge < -0.3 is 4.74 Å². The van der Waals surface area contributed by atoms with Crippen LogP contribution in [0.3, 0.4) is 0 Å². The number of hydrogen-bond donors (Lipinski definition) is 0. The number of fused-ring (bicyclic) bond motifs is 1. The molecule has 0 saturated heterocycles. The third-order valence-corrected chi connectivity index (χ3v) is 6.16. The van der Waals surface area contributed by atoms with Gasteiger partial charge in [-0.1, -0.05) is 43.0 Å². The summed E-state index contributed by atoms with van der Waals surface area (Å²) in [6, 6.07) is 15.2. The fraction of sp³-hybridized carbons (Fsp3) is 0.148. The lowest BCUT2D eigenvalue weighted by Crippen LogP contribution is -1.95. The number of allylic oxidation sites excluding steroid dienone is 3. The molecule has 0 spiro atoms. The lowest BCUT2D eigenvalue weighted by atomic mass is 9.93. The van der Waals surface area contributed by atoms with Crippen LogP contribution in [-0.4, -0.2) is 7.11 Å². The van der Waals surface area contributed by atoms with E-state index in [1.54, 1.807) is 18.4 Å². The maximum atomic E-state index is 5.67. The molecule has 29 heavy (non-hydrogen) atoms. The molecule has 0 saturated carbocycles. The monoisotopic (exact) mass is 396 g/mol. The summed E-state index contributed by atoms with van der Waals surface area (Å²) in [7, 11) is 1.73. The minimum absolute atomic E-state index is 0.936. The molecular formula is C27H24OS. The molecule has 2 aromatic carbocycles. The van der Waals surface area contributed by atoms with E-state index in [0.29, 0.717) is 0 Å². The lowest BCUT2D eigenvalue weighted by Gasteiger charge is -2.13. The van der Waals surface area contributed by atoms with Crippen LogP contribution in [0.2, 0.25) is 0 Å². The van der Waals surface area contributed by atoms with E-state index in [9.17, 15) is 0 Å². The van der Waals surface area contributed by atoms with Gasteiger partial charge in [0.1, 0.15) is 5.75 Å². The zero-order chi connectivity index (χ0) is 20.2. The summed E-state index contributed by atoms with van der Waals surface area (Å²) in [6.45, 7) is 6.01. The zero-order valence-electron chi connectivity index (χ0n) is 16.9. The fourth-order valence-corrected chi connectivity index (χ4v) is 4.55. The van der Waals surface area contributed by atoms with Gasteiger partial charge in [0.2, 0.25) is 0 Å². The quantitative estimate of drug-likeness (QED) is 0.319. The van der Waals surface area contributed by atoms with E-state index in [1.807, 2.05) is 0 Å². The first-order valence-electron chi connectivity index (χ1n) is 9.80. The third-order valence-electron chi connectivity index (χ3n) is 5.26. The molecule has 1 nitrogen and oxygen atoms in total. The summed E-state index contributed by atoms with van der Waals surface area (Å²) in [5.74, 6) is 0.936. The number of hydrogen-bond acceptors (Lipinski definition) is 2. The maximum Gasteiger partial charge on any atom is 0.130 e. The van der Waals surface area contributed by atoms with Crippen molar-refractivity contribution in [3.8, 4) is 16.2 Å².